The van der Waals surface area contributed by atoms with E-state index in [9.17, 15) is 0 Å². The van der Waals surface area contributed by atoms with Gasteiger partial charge in [-0.2, -0.15) is 0 Å². The number of rotatable bonds is 8. The van der Waals surface area contributed by atoms with Crippen molar-refractivity contribution >= 4 is 11.3 Å². The number of hydrogen-bond donors (Lipinski definition) is 1. The topological polar surface area (TPSA) is 44.5 Å². The first-order chi connectivity index (χ1) is 7.77. The minimum absolute atomic E-state index is 0.0175. The Balaban J connectivity index is 2.27. The van der Waals surface area contributed by atoms with Crippen LogP contribution in [-0.4, -0.2) is 26.4 Å². The second-order valence-electron chi connectivity index (χ2n) is 3.66. The zero-order valence-corrected chi connectivity index (χ0v) is 10.9. The van der Waals surface area contributed by atoms with Gasteiger partial charge in [0.15, 0.2) is 0 Å². The number of nitrogens with two attached hydrogens (primary N) is 1. The summed E-state index contributed by atoms with van der Waals surface area (Å²) in [5, 5.41) is 0. The minimum Gasteiger partial charge on any atom is -0.379 e. The van der Waals surface area contributed by atoms with Gasteiger partial charge in [-0.25, -0.2) is 0 Å². The average Bonchev–Trinajstić information content (AvgIpc) is 2.70. The van der Waals surface area contributed by atoms with Crippen LogP contribution in [0.4, 0.5) is 0 Å². The number of hydrogen-bond acceptors (Lipinski definition) is 4. The molecule has 3 nitrogen and oxygen atoms in total. The molecular weight excluding hydrogens is 222 g/mol. The largest absolute Gasteiger partial charge is 0.379 e. The molecule has 1 heterocycles. The number of aryl methyl sites for hydroxylation is 1. The van der Waals surface area contributed by atoms with Crippen molar-refractivity contribution in [2.75, 3.05) is 26.4 Å². The highest BCUT2D eigenvalue weighted by Crippen LogP contribution is 2.24. The average molecular weight is 243 g/mol. The van der Waals surface area contributed by atoms with Crippen LogP contribution in [0, 0.1) is 6.92 Å². The fraction of sp³-hybridized carbons (Fsp3) is 0.667. The fourth-order valence-electron chi connectivity index (χ4n) is 1.39. The van der Waals surface area contributed by atoms with Gasteiger partial charge in [0.05, 0.1) is 13.2 Å². The lowest BCUT2D eigenvalue weighted by molar-refractivity contribution is 0.00907. The van der Waals surface area contributed by atoms with E-state index in [1.54, 1.807) is 11.3 Å². The molecule has 0 aliphatic heterocycles. The maximum atomic E-state index is 5.70. The summed E-state index contributed by atoms with van der Waals surface area (Å²) in [6.07, 6.45) is 1.06. The summed E-state index contributed by atoms with van der Waals surface area (Å²) in [6.45, 7) is 6.76. The van der Waals surface area contributed by atoms with Crippen LogP contribution >= 0.6 is 11.3 Å². The zero-order chi connectivity index (χ0) is 11.8. The van der Waals surface area contributed by atoms with Crippen LogP contribution in [0.25, 0.3) is 0 Å². The molecule has 0 fully saturated rings. The SMILES string of the molecule is CCCOCCOC(CN)c1ccc(C)s1. The predicted molar refractivity (Wildman–Crippen MR) is 67.9 cm³/mol. The summed E-state index contributed by atoms with van der Waals surface area (Å²) in [7, 11) is 0. The molecule has 92 valence electrons. The van der Waals surface area contributed by atoms with Gasteiger partial charge in [0, 0.05) is 22.9 Å². The first-order valence-corrected chi connectivity index (χ1v) is 6.55. The lowest BCUT2D eigenvalue weighted by atomic mass is 10.3. The summed E-state index contributed by atoms with van der Waals surface area (Å²) < 4.78 is 11.1. The van der Waals surface area contributed by atoms with E-state index in [1.165, 1.54) is 9.75 Å². The summed E-state index contributed by atoms with van der Waals surface area (Å²) in [4.78, 5) is 2.50. The molecule has 0 aromatic carbocycles. The maximum absolute atomic E-state index is 5.70. The smallest absolute Gasteiger partial charge is 0.104 e. The molecule has 0 aliphatic carbocycles. The summed E-state index contributed by atoms with van der Waals surface area (Å²) in [5.41, 5.74) is 5.70. The van der Waals surface area contributed by atoms with Crippen LogP contribution in [0.1, 0.15) is 29.2 Å². The van der Waals surface area contributed by atoms with E-state index in [1.807, 2.05) is 0 Å². The van der Waals surface area contributed by atoms with E-state index in [2.05, 4.69) is 26.0 Å². The van der Waals surface area contributed by atoms with Gasteiger partial charge in [-0.05, 0) is 25.5 Å². The molecule has 16 heavy (non-hydrogen) atoms. The normalized spacial score (nSPS) is 12.9. The number of thiophene rings is 1. The lowest BCUT2D eigenvalue weighted by Gasteiger charge is -2.14. The molecule has 4 heteroatoms. The van der Waals surface area contributed by atoms with E-state index in [-0.39, 0.29) is 6.10 Å². The van der Waals surface area contributed by atoms with E-state index in [4.69, 9.17) is 15.2 Å². The highest BCUT2D eigenvalue weighted by atomic mass is 32.1. The molecule has 0 saturated heterocycles. The molecule has 0 aliphatic rings. The van der Waals surface area contributed by atoms with E-state index in [0.29, 0.717) is 19.8 Å². The van der Waals surface area contributed by atoms with Crippen molar-refractivity contribution in [3.63, 3.8) is 0 Å². The second kappa shape index (κ2) is 7.79. The Bertz CT molecular complexity index is 288. The molecule has 2 N–H and O–H groups in total. The Labute approximate surface area is 102 Å². The van der Waals surface area contributed by atoms with Crippen LogP contribution < -0.4 is 5.73 Å². The molecule has 1 unspecified atom stereocenters. The van der Waals surface area contributed by atoms with Crippen molar-refractivity contribution in [1.82, 2.24) is 0 Å². The van der Waals surface area contributed by atoms with Crippen LogP contribution in [0.15, 0.2) is 12.1 Å². The molecule has 1 atom stereocenters. The Morgan fingerprint density at radius 1 is 1.31 bits per heavy atom. The van der Waals surface area contributed by atoms with E-state index >= 15 is 0 Å². The van der Waals surface area contributed by atoms with Gasteiger partial charge in [-0.1, -0.05) is 6.92 Å². The van der Waals surface area contributed by atoms with Gasteiger partial charge in [0.25, 0.3) is 0 Å². The monoisotopic (exact) mass is 243 g/mol. The van der Waals surface area contributed by atoms with Crippen LogP contribution in [-0.2, 0) is 9.47 Å². The Hall–Kier alpha value is -0.420. The maximum Gasteiger partial charge on any atom is 0.104 e. The molecule has 1 rings (SSSR count). The van der Waals surface area contributed by atoms with Gasteiger partial charge in [-0.3, -0.25) is 0 Å². The van der Waals surface area contributed by atoms with Gasteiger partial charge < -0.3 is 15.2 Å². The van der Waals surface area contributed by atoms with E-state index in [0.717, 1.165) is 13.0 Å². The molecule has 0 bridgehead atoms. The Kier molecular flexibility index (Phi) is 6.64. The molecule has 0 spiro atoms. The van der Waals surface area contributed by atoms with Crippen molar-refractivity contribution < 1.29 is 9.47 Å². The van der Waals surface area contributed by atoms with Crippen LogP contribution in [0.2, 0.25) is 0 Å². The van der Waals surface area contributed by atoms with Crippen LogP contribution in [0.5, 0.6) is 0 Å². The van der Waals surface area contributed by atoms with E-state index < -0.39 is 0 Å². The first kappa shape index (κ1) is 13.6. The van der Waals surface area contributed by atoms with Crippen LogP contribution in [0.3, 0.4) is 0 Å². The number of ether oxygens (including phenoxy) is 2. The second-order valence-corrected chi connectivity index (χ2v) is 4.98. The van der Waals surface area contributed by atoms with Crippen molar-refractivity contribution in [1.29, 1.82) is 0 Å². The predicted octanol–water partition coefficient (Wildman–Crippen LogP) is 2.50. The summed E-state index contributed by atoms with van der Waals surface area (Å²) in [5.74, 6) is 0. The third-order valence-electron chi connectivity index (χ3n) is 2.19. The van der Waals surface area contributed by atoms with Crippen molar-refractivity contribution in [2.45, 2.75) is 26.4 Å². The Morgan fingerprint density at radius 2 is 2.12 bits per heavy atom. The third-order valence-corrected chi connectivity index (χ3v) is 3.28. The highest BCUT2D eigenvalue weighted by Gasteiger charge is 2.11. The van der Waals surface area contributed by atoms with Crippen molar-refractivity contribution in [3.8, 4) is 0 Å². The van der Waals surface area contributed by atoms with Gasteiger partial charge in [-0.15, -0.1) is 11.3 Å². The Morgan fingerprint density at radius 3 is 2.69 bits per heavy atom. The van der Waals surface area contributed by atoms with Gasteiger partial charge in [0.2, 0.25) is 0 Å². The molecule has 0 radical (unpaired) electrons. The summed E-state index contributed by atoms with van der Waals surface area (Å²) >= 11 is 1.74. The zero-order valence-electron chi connectivity index (χ0n) is 10.1. The molecule has 1 aromatic rings. The standard InChI is InChI=1S/C12H21NO2S/c1-3-6-14-7-8-15-11(9-13)12-5-4-10(2)16-12/h4-5,11H,3,6-9,13H2,1-2H3. The lowest BCUT2D eigenvalue weighted by Crippen LogP contribution is -2.17. The highest BCUT2D eigenvalue weighted by molar-refractivity contribution is 7.12. The van der Waals surface area contributed by atoms with Gasteiger partial charge >= 0.3 is 0 Å². The summed E-state index contributed by atoms with van der Waals surface area (Å²) in [6, 6.07) is 4.18. The fourth-order valence-corrected chi connectivity index (χ4v) is 2.33. The first-order valence-electron chi connectivity index (χ1n) is 5.73. The third kappa shape index (κ3) is 4.61. The van der Waals surface area contributed by atoms with Crippen molar-refractivity contribution in [3.05, 3.63) is 21.9 Å². The van der Waals surface area contributed by atoms with Gasteiger partial charge in [0.1, 0.15) is 6.10 Å². The van der Waals surface area contributed by atoms with Crippen molar-refractivity contribution in [2.24, 2.45) is 5.73 Å². The molecule has 0 saturated carbocycles. The quantitative estimate of drug-likeness (QED) is 0.713. The molecule has 0 amide bonds. The molecular formula is C12H21NO2S. The molecule has 1 aromatic heterocycles. The minimum atomic E-state index is 0.0175.